The van der Waals surface area contributed by atoms with Crippen molar-refractivity contribution < 1.29 is 9.90 Å². The Labute approximate surface area is 136 Å². The van der Waals surface area contributed by atoms with Crippen molar-refractivity contribution in [3.05, 3.63) is 22.5 Å². The third-order valence-corrected chi connectivity index (χ3v) is 3.86. The molecule has 24 heavy (non-hydrogen) atoms. The van der Waals surface area contributed by atoms with Gasteiger partial charge in [-0.1, -0.05) is 19.8 Å². The normalized spacial score (nSPS) is 11.4. The molecule has 3 rings (SSSR count). The van der Waals surface area contributed by atoms with Crippen LogP contribution in [0, 0.1) is 0 Å². The predicted octanol–water partition coefficient (Wildman–Crippen LogP) is 0.768. The van der Waals surface area contributed by atoms with Gasteiger partial charge in [-0.05, 0) is 6.42 Å². The first-order chi connectivity index (χ1) is 11.6. The topological polar surface area (TPSA) is 130 Å². The van der Waals surface area contributed by atoms with Gasteiger partial charge in [0.25, 0.3) is 5.56 Å². The van der Waals surface area contributed by atoms with Crippen molar-refractivity contribution in [2.24, 2.45) is 0 Å². The number of aryl methyl sites for hydroxylation is 1. The molecule has 10 nitrogen and oxygen atoms in total. The number of aromatic nitrogens is 6. The van der Waals surface area contributed by atoms with Gasteiger partial charge in [0, 0.05) is 19.5 Å². The van der Waals surface area contributed by atoms with Crippen molar-refractivity contribution in [1.82, 2.24) is 34.4 Å². The van der Waals surface area contributed by atoms with E-state index in [9.17, 15) is 9.59 Å². The van der Waals surface area contributed by atoms with Crippen molar-refractivity contribution in [1.29, 1.82) is 0 Å². The largest absolute Gasteiger partial charge is 0.465 e. The maximum Gasteiger partial charge on any atom is 0.404 e. The molecule has 0 aliphatic heterocycles. The first-order valence-electron chi connectivity index (χ1n) is 7.90. The number of fused-ring (bicyclic) bond motifs is 2. The summed E-state index contributed by atoms with van der Waals surface area (Å²) in [7, 11) is 0. The van der Waals surface area contributed by atoms with E-state index in [4.69, 9.17) is 5.11 Å². The molecule has 0 aromatic carbocycles. The minimum Gasteiger partial charge on any atom is -0.465 e. The van der Waals surface area contributed by atoms with Crippen LogP contribution in [0.25, 0.3) is 16.9 Å². The molecule has 10 heteroatoms. The van der Waals surface area contributed by atoms with Crippen LogP contribution in [0.15, 0.2) is 11.1 Å². The molecule has 0 saturated carbocycles. The van der Waals surface area contributed by atoms with Crippen molar-refractivity contribution in [2.45, 2.75) is 39.2 Å². The van der Waals surface area contributed by atoms with Gasteiger partial charge in [0.15, 0.2) is 5.65 Å². The molecule has 0 spiro atoms. The van der Waals surface area contributed by atoms with E-state index in [1.165, 1.54) is 10.7 Å². The van der Waals surface area contributed by atoms with Crippen molar-refractivity contribution >= 4 is 23.0 Å². The summed E-state index contributed by atoms with van der Waals surface area (Å²) in [4.78, 5) is 30.3. The van der Waals surface area contributed by atoms with Crippen LogP contribution in [-0.2, 0) is 13.0 Å². The zero-order valence-corrected chi connectivity index (χ0v) is 13.3. The number of nitrogens with one attached hydrogen (secondary N) is 2. The van der Waals surface area contributed by atoms with Gasteiger partial charge in [0.2, 0.25) is 5.78 Å². The van der Waals surface area contributed by atoms with Crippen LogP contribution in [0.4, 0.5) is 4.79 Å². The van der Waals surface area contributed by atoms with Crippen molar-refractivity contribution in [3.8, 4) is 0 Å². The minimum atomic E-state index is -1.11. The highest BCUT2D eigenvalue weighted by atomic mass is 16.4. The first kappa shape index (κ1) is 16.0. The average Bonchev–Trinajstić information content (AvgIpc) is 3.18. The number of carboxylic acid groups (broad SMARTS) is 1. The van der Waals surface area contributed by atoms with E-state index in [0.717, 1.165) is 19.3 Å². The molecule has 0 radical (unpaired) electrons. The summed E-state index contributed by atoms with van der Waals surface area (Å²) >= 11 is 0. The number of aromatic amines is 1. The lowest BCUT2D eigenvalue weighted by Crippen LogP contribution is -2.26. The number of rotatable bonds is 7. The van der Waals surface area contributed by atoms with E-state index in [1.807, 2.05) is 4.57 Å². The molecule has 3 aromatic rings. The van der Waals surface area contributed by atoms with E-state index in [1.54, 1.807) is 0 Å². The molecule has 0 atom stereocenters. The molecule has 3 aromatic heterocycles. The first-order valence-corrected chi connectivity index (χ1v) is 7.90. The van der Waals surface area contributed by atoms with Crippen LogP contribution < -0.4 is 10.9 Å². The third-order valence-electron chi connectivity index (χ3n) is 3.86. The number of hydrogen-bond acceptors (Lipinski definition) is 5. The summed E-state index contributed by atoms with van der Waals surface area (Å²) in [5.41, 5.74) is 0.678. The number of H-pyrrole nitrogens is 1. The molecule has 128 valence electrons. The second-order valence-electron chi connectivity index (χ2n) is 5.50. The lowest BCUT2D eigenvalue weighted by Gasteiger charge is -2.09. The quantitative estimate of drug-likeness (QED) is 0.547. The molecular formula is C14H19N7O3. The highest BCUT2D eigenvalue weighted by molar-refractivity contribution is 5.72. The summed E-state index contributed by atoms with van der Waals surface area (Å²) in [5.74, 6) is 0.852. The standard InChI is InChI=1S/C14H19N7O3/c1-2-3-4-7-20-11-10(16-8-17-11)12(22)21-9(18-19-13(20)21)5-6-15-14(23)24/h8,15H,2-7H2,1H3,(H,16,17)(H,23,24). The Morgan fingerprint density at radius 3 is 2.96 bits per heavy atom. The summed E-state index contributed by atoms with van der Waals surface area (Å²) in [5, 5.41) is 19.1. The van der Waals surface area contributed by atoms with Gasteiger partial charge >= 0.3 is 6.09 Å². The van der Waals surface area contributed by atoms with Gasteiger partial charge in [-0.3, -0.25) is 9.36 Å². The Bertz CT molecular complexity index is 924. The second-order valence-corrected chi connectivity index (χ2v) is 5.50. The number of nitrogens with zero attached hydrogens (tertiary/aromatic N) is 5. The summed E-state index contributed by atoms with van der Waals surface area (Å²) in [6.45, 7) is 2.96. The fourth-order valence-corrected chi connectivity index (χ4v) is 2.71. The van der Waals surface area contributed by atoms with E-state index in [-0.39, 0.29) is 18.5 Å². The van der Waals surface area contributed by atoms with Gasteiger partial charge < -0.3 is 15.4 Å². The van der Waals surface area contributed by atoms with E-state index in [0.29, 0.717) is 29.3 Å². The molecule has 3 heterocycles. The zero-order chi connectivity index (χ0) is 17.1. The lowest BCUT2D eigenvalue weighted by atomic mass is 10.2. The van der Waals surface area contributed by atoms with E-state index >= 15 is 0 Å². The van der Waals surface area contributed by atoms with Gasteiger partial charge in [-0.15, -0.1) is 10.2 Å². The highest BCUT2D eigenvalue weighted by Crippen LogP contribution is 2.12. The van der Waals surface area contributed by atoms with Gasteiger partial charge in [-0.25, -0.2) is 14.2 Å². The third kappa shape index (κ3) is 2.82. The molecule has 3 N–H and O–H groups in total. The number of imidazole rings is 1. The van der Waals surface area contributed by atoms with Crippen molar-refractivity contribution in [3.63, 3.8) is 0 Å². The summed E-state index contributed by atoms with van der Waals surface area (Å²) in [6, 6.07) is 0. The number of hydrogen-bond donors (Lipinski definition) is 3. The summed E-state index contributed by atoms with van der Waals surface area (Å²) in [6.07, 6.45) is 3.74. The molecule has 0 bridgehead atoms. The maximum atomic E-state index is 12.7. The highest BCUT2D eigenvalue weighted by Gasteiger charge is 2.17. The molecule has 0 aliphatic carbocycles. The molecule has 0 aliphatic rings. The Balaban J connectivity index is 2.06. The minimum absolute atomic E-state index is 0.159. The predicted molar refractivity (Wildman–Crippen MR) is 86.2 cm³/mol. The summed E-state index contributed by atoms with van der Waals surface area (Å²) < 4.78 is 3.31. The second kappa shape index (κ2) is 6.69. The van der Waals surface area contributed by atoms with Crippen molar-refractivity contribution in [2.75, 3.05) is 6.54 Å². The van der Waals surface area contributed by atoms with Crippen LogP contribution in [0.3, 0.4) is 0 Å². The average molecular weight is 333 g/mol. The molecule has 0 unspecified atom stereocenters. The Morgan fingerprint density at radius 1 is 1.38 bits per heavy atom. The molecule has 0 fully saturated rings. The van der Waals surface area contributed by atoms with Crippen LogP contribution in [0.1, 0.15) is 32.0 Å². The smallest absolute Gasteiger partial charge is 0.404 e. The van der Waals surface area contributed by atoms with Crippen LogP contribution in [0.2, 0.25) is 0 Å². The van der Waals surface area contributed by atoms with E-state index < -0.39 is 6.09 Å². The van der Waals surface area contributed by atoms with Gasteiger partial charge in [-0.2, -0.15) is 0 Å². The lowest BCUT2D eigenvalue weighted by molar-refractivity contribution is 0.194. The number of carbonyl (C=O) groups is 1. The Hall–Kier alpha value is -2.91. The van der Waals surface area contributed by atoms with Gasteiger partial charge in [0.05, 0.1) is 6.33 Å². The Morgan fingerprint density at radius 2 is 2.21 bits per heavy atom. The van der Waals surface area contributed by atoms with E-state index in [2.05, 4.69) is 32.4 Å². The van der Waals surface area contributed by atoms with Crippen LogP contribution in [-0.4, -0.2) is 46.9 Å². The molecular weight excluding hydrogens is 314 g/mol. The van der Waals surface area contributed by atoms with Gasteiger partial charge in [0.1, 0.15) is 11.3 Å². The Kier molecular flexibility index (Phi) is 4.45. The zero-order valence-electron chi connectivity index (χ0n) is 13.3. The fourth-order valence-electron chi connectivity index (χ4n) is 2.71. The van der Waals surface area contributed by atoms with Crippen LogP contribution >= 0.6 is 0 Å². The fraction of sp³-hybridized carbons (Fsp3) is 0.500. The monoisotopic (exact) mass is 333 g/mol. The molecule has 0 saturated heterocycles. The van der Waals surface area contributed by atoms with Crippen LogP contribution in [0.5, 0.6) is 0 Å². The number of unbranched alkanes of at least 4 members (excludes halogenated alkanes) is 2. The SMILES string of the molecule is CCCCCn1c2nc[nH]c2c(=O)n2c(CCNC(=O)O)nnc12. The molecule has 1 amide bonds. The maximum absolute atomic E-state index is 12.7. The number of amides is 1.